The maximum atomic E-state index is 12.0. The lowest BCUT2D eigenvalue weighted by molar-refractivity contribution is -0.143. The number of aliphatic imine (C=N–C) groups is 1. The minimum absolute atomic E-state index is 0.394. The van der Waals surface area contributed by atoms with Crippen LogP contribution in [0.5, 0.6) is 0 Å². The molecule has 154 valence electrons. The van der Waals surface area contributed by atoms with Crippen molar-refractivity contribution in [1.82, 2.24) is 0 Å². The Bertz CT molecular complexity index is 988. The quantitative estimate of drug-likeness (QED) is 0.664. The van der Waals surface area contributed by atoms with Gasteiger partial charge in [0.25, 0.3) is 0 Å². The average Bonchev–Trinajstić information content (AvgIpc) is 3.26. The minimum atomic E-state index is -0.674. The van der Waals surface area contributed by atoms with Crippen LogP contribution in [0.1, 0.15) is 28.4 Å². The summed E-state index contributed by atoms with van der Waals surface area (Å²) >= 11 is 0. The van der Waals surface area contributed by atoms with Crippen LogP contribution < -0.4 is 5.73 Å². The molecule has 1 aliphatic heterocycles. The van der Waals surface area contributed by atoms with Crippen LogP contribution in [0.2, 0.25) is 0 Å². The number of carbonyl (C=O) groups excluding carboxylic acids is 1. The fourth-order valence-corrected chi connectivity index (χ4v) is 3.16. The highest BCUT2D eigenvalue weighted by atomic mass is 16.5. The SMILES string of the molecule is COC(=O)C1N=C(c2ccccc2)OC1c1ccccc1.Cc1ccccc1CN. The first-order valence-electron chi connectivity index (χ1n) is 9.81. The van der Waals surface area contributed by atoms with Gasteiger partial charge in [-0.2, -0.15) is 0 Å². The molecule has 30 heavy (non-hydrogen) atoms. The van der Waals surface area contributed by atoms with Crippen molar-refractivity contribution >= 4 is 11.9 Å². The van der Waals surface area contributed by atoms with Gasteiger partial charge >= 0.3 is 5.97 Å². The van der Waals surface area contributed by atoms with Gasteiger partial charge in [0.15, 0.2) is 12.1 Å². The molecule has 5 nitrogen and oxygen atoms in total. The molecule has 0 aliphatic carbocycles. The number of ether oxygens (including phenoxy) is 2. The Morgan fingerprint density at radius 2 is 1.57 bits per heavy atom. The largest absolute Gasteiger partial charge is 0.467 e. The molecule has 0 spiro atoms. The number of hydrogen-bond acceptors (Lipinski definition) is 5. The molecule has 0 radical (unpaired) electrons. The van der Waals surface area contributed by atoms with E-state index in [-0.39, 0.29) is 0 Å². The van der Waals surface area contributed by atoms with Gasteiger partial charge in [0.1, 0.15) is 0 Å². The summed E-state index contributed by atoms with van der Waals surface area (Å²) < 4.78 is 10.8. The van der Waals surface area contributed by atoms with Crippen LogP contribution in [0.3, 0.4) is 0 Å². The molecule has 0 bridgehead atoms. The molecule has 4 rings (SSSR count). The Balaban J connectivity index is 0.000000239. The second-order valence-corrected chi connectivity index (χ2v) is 6.85. The van der Waals surface area contributed by atoms with Crippen molar-refractivity contribution in [2.45, 2.75) is 25.6 Å². The van der Waals surface area contributed by atoms with Crippen LogP contribution in [0.15, 0.2) is 89.9 Å². The third-order valence-corrected chi connectivity index (χ3v) is 4.85. The molecule has 1 aliphatic rings. The lowest BCUT2D eigenvalue weighted by Crippen LogP contribution is -2.25. The zero-order chi connectivity index (χ0) is 21.3. The summed E-state index contributed by atoms with van der Waals surface area (Å²) in [6.45, 7) is 2.72. The summed E-state index contributed by atoms with van der Waals surface area (Å²) in [4.78, 5) is 16.4. The van der Waals surface area contributed by atoms with Crippen LogP contribution in [0.4, 0.5) is 0 Å². The van der Waals surface area contributed by atoms with Gasteiger partial charge in [-0.15, -0.1) is 0 Å². The van der Waals surface area contributed by atoms with E-state index in [1.807, 2.05) is 72.8 Å². The van der Waals surface area contributed by atoms with Gasteiger partial charge < -0.3 is 15.2 Å². The van der Waals surface area contributed by atoms with Crippen LogP contribution in [0, 0.1) is 6.92 Å². The van der Waals surface area contributed by atoms with Crippen LogP contribution in [-0.4, -0.2) is 25.0 Å². The van der Waals surface area contributed by atoms with Gasteiger partial charge in [0.05, 0.1) is 7.11 Å². The van der Waals surface area contributed by atoms with E-state index in [2.05, 4.69) is 24.0 Å². The third-order valence-electron chi connectivity index (χ3n) is 4.85. The van der Waals surface area contributed by atoms with E-state index >= 15 is 0 Å². The van der Waals surface area contributed by atoms with Crippen molar-refractivity contribution in [2.75, 3.05) is 7.11 Å². The van der Waals surface area contributed by atoms with Crippen molar-refractivity contribution < 1.29 is 14.3 Å². The van der Waals surface area contributed by atoms with Gasteiger partial charge in [-0.05, 0) is 35.7 Å². The standard InChI is InChI=1S/C17H15NO3.C8H11N/c1-20-17(19)14-15(12-8-4-2-5-9-12)21-16(18-14)13-10-6-3-7-11-13;1-7-4-2-3-5-8(7)6-9/h2-11,14-15H,1H3;2-5H,6,9H2,1H3. The van der Waals surface area contributed by atoms with Crippen molar-refractivity contribution in [3.05, 3.63) is 107 Å². The Kier molecular flexibility index (Phi) is 7.35. The number of esters is 1. The summed E-state index contributed by atoms with van der Waals surface area (Å²) in [5, 5.41) is 0. The molecule has 2 N–H and O–H groups in total. The zero-order valence-corrected chi connectivity index (χ0v) is 17.2. The molecule has 3 aromatic carbocycles. The van der Waals surface area contributed by atoms with E-state index in [0.29, 0.717) is 12.4 Å². The van der Waals surface area contributed by atoms with E-state index < -0.39 is 18.1 Å². The monoisotopic (exact) mass is 402 g/mol. The molecule has 0 amide bonds. The summed E-state index contributed by atoms with van der Waals surface area (Å²) in [5.41, 5.74) is 9.72. The van der Waals surface area contributed by atoms with E-state index in [9.17, 15) is 4.79 Å². The molecule has 3 aromatic rings. The smallest absolute Gasteiger partial charge is 0.335 e. The molecule has 0 fully saturated rings. The lowest BCUT2D eigenvalue weighted by Gasteiger charge is -2.16. The number of nitrogens with zero attached hydrogens (tertiary/aromatic N) is 1. The van der Waals surface area contributed by atoms with Crippen LogP contribution in [-0.2, 0) is 20.8 Å². The molecule has 0 saturated heterocycles. The molecule has 5 heteroatoms. The first kappa shape index (κ1) is 21.3. The number of benzene rings is 3. The van der Waals surface area contributed by atoms with Crippen molar-refractivity contribution in [3.8, 4) is 0 Å². The van der Waals surface area contributed by atoms with Crippen molar-refractivity contribution in [2.24, 2.45) is 10.7 Å². The fourth-order valence-electron chi connectivity index (χ4n) is 3.16. The van der Waals surface area contributed by atoms with E-state index in [0.717, 1.165) is 11.1 Å². The number of nitrogens with two attached hydrogens (primary N) is 1. The van der Waals surface area contributed by atoms with Crippen molar-refractivity contribution in [3.63, 3.8) is 0 Å². The second-order valence-electron chi connectivity index (χ2n) is 6.85. The first-order valence-corrected chi connectivity index (χ1v) is 9.81. The van der Waals surface area contributed by atoms with Gasteiger partial charge in [0, 0.05) is 12.1 Å². The fraction of sp³-hybridized carbons (Fsp3) is 0.200. The average molecular weight is 402 g/mol. The summed E-state index contributed by atoms with van der Waals surface area (Å²) in [7, 11) is 1.36. The van der Waals surface area contributed by atoms with E-state index in [1.54, 1.807) is 0 Å². The summed E-state index contributed by atoms with van der Waals surface area (Å²) in [6, 6.07) is 26.6. The molecule has 0 aromatic heterocycles. The third kappa shape index (κ3) is 5.13. The Morgan fingerprint density at radius 1 is 0.967 bits per heavy atom. The minimum Gasteiger partial charge on any atom is -0.467 e. The maximum Gasteiger partial charge on any atom is 0.335 e. The number of hydrogen-bond donors (Lipinski definition) is 1. The number of aryl methyl sites for hydroxylation is 1. The van der Waals surface area contributed by atoms with Crippen LogP contribution >= 0.6 is 0 Å². The first-order chi connectivity index (χ1) is 14.6. The normalized spacial score (nSPS) is 17.2. The Labute approximate surface area is 177 Å². The molecule has 0 saturated carbocycles. The summed E-state index contributed by atoms with van der Waals surface area (Å²) in [6.07, 6.45) is -0.450. The van der Waals surface area contributed by atoms with Gasteiger partial charge in [0.2, 0.25) is 5.90 Å². The predicted octanol–water partition coefficient (Wildman–Crippen LogP) is 4.20. The molecular weight excluding hydrogens is 376 g/mol. The number of methoxy groups -OCH3 is 1. The Morgan fingerprint density at radius 3 is 2.13 bits per heavy atom. The molecule has 1 heterocycles. The molecular formula is C25H26N2O3. The van der Waals surface area contributed by atoms with Crippen LogP contribution in [0.25, 0.3) is 0 Å². The Hall–Kier alpha value is -3.44. The summed E-state index contributed by atoms with van der Waals surface area (Å²) in [5.74, 6) is 0.0784. The van der Waals surface area contributed by atoms with Gasteiger partial charge in [-0.3, -0.25) is 0 Å². The number of rotatable bonds is 4. The van der Waals surface area contributed by atoms with E-state index in [4.69, 9.17) is 15.2 Å². The molecule has 2 unspecified atom stereocenters. The van der Waals surface area contributed by atoms with Crippen molar-refractivity contribution in [1.29, 1.82) is 0 Å². The second kappa shape index (κ2) is 10.4. The zero-order valence-electron chi connectivity index (χ0n) is 17.2. The predicted molar refractivity (Wildman–Crippen MR) is 118 cm³/mol. The van der Waals surface area contributed by atoms with Gasteiger partial charge in [-0.25, -0.2) is 9.79 Å². The maximum absolute atomic E-state index is 12.0. The van der Waals surface area contributed by atoms with Gasteiger partial charge in [-0.1, -0.05) is 72.8 Å². The topological polar surface area (TPSA) is 73.9 Å². The highest BCUT2D eigenvalue weighted by Crippen LogP contribution is 2.31. The highest BCUT2D eigenvalue weighted by Gasteiger charge is 2.38. The number of carbonyl (C=O) groups is 1. The highest BCUT2D eigenvalue weighted by molar-refractivity contribution is 5.98. The lowest BCUT2D eigenvalue weighted by atomic mass is 10.0. The van der Waals surface area contributed by atoms with E-state index in [1.165, 1.54) is 18.2 Å². The molecule has 2 atom stereocenters.